The Kier molecular flexibility index (Phi) is 3.46. The lowest BCUT2D eigenvalue weighted by molar-refractivity contribution is 1.27. The molecule has 0 aliphatic heterocycles. The van der Waals surface area contributed by atoms with Crippen LogP contribution in [0.4, 0.5) is 11.4 Å². The highest BCUT2D eigenvalue weighted by atomic mass is 32.1. The fourth-order valence-corrected chi connectivity index (χ4v) is 2.59. The van der Waals surface area contributed by atoms with Gasteiger partial charge < -0.3 is 5.32 Å². The highest BCUT2D eigenvalue weighted by Crippen LogP contribution is 2.29. The zero-order chi connectivity index (χ0) is 12.3. The molecular formula is C14H14N2S. The molecule has 2 aromatic rings. The molecule has 0 saturated carbocycles. The van der Waals surface area contributed by atoms with Gasteiger partial charge in [0.1, 0.15) is 0 Å². The second-order valence-electron chi connectivity index (χ2n) is 4.04. The van der Waals surface area contributed by atoms with Crippen LogP contribution < -0.4 is 5.32 Å². The lowest BCUT2D eigenvalue weighted by Gasteiger charge is -2.12. The summed E-state index contributed by atoms with van der Waals surface area (Å²) in [4.78, 5) is 0. The maximum Gasteiger partial charge on any atom is 0.0670 e. The molecule has 0 aliphatic rings. The molecule has 1 N–H and O–H groups in total. The minimum atomic E-state index is 0.455. The van der Waals surface area contributed by atoms with E-state index in [2.05, 4.69) is 48.8 Å². The first-order valence-corrected chi connectivity index (χ1v) is 6.42. The zero-order valence-electron chi connectivity index (χ0n) is 9.95. The van der Waals surface area contributed by atoms with E-state index in [4.69, 9.17) is 5.26 Å². The van der Waals surface area contributed by atoms with Crippen molar-refractivity contribution in [3.63, 3.8) is 0 Å². The molecule has 1 aromatic heterocycles. The van der Waals surface area contributed by atoms with Crippen LogP contribution in [0.15, 0.2) is 29.0 Å². The largest absolute Gasteiger partial charge is 0.354 e. The Morgan fingerprint density at radius 1 is 1.24 bits per heavy atom. The first-order chi connectivity index (χ1) is 8.22. The standard InChI is InChI=1S/C14H14N2S/c1-10-4-3-5-11(2)14(10)16-13-9-17-8-12(13)6-7-15/h3-5,8-9,16H,6H2,1-2H3. The summed E-state index contributed by atoms with van der Waals surface area (Å²) in [6.07, 6.45) is 0.455. The van der Waals surface area contributed by atoms with Crippen molar-refractivity contribution in [2.24, 2.45) is 0 Å². The van der Waals surface area contributed by atoms with Crippen molar-refractivity contribution in [1.29, 1.82) is 5.26 Å². The summed E-state index contributed by atoms with van der Waals surface area (Å²) < 4.78 is 0. The maximum absolute atomic E-state index is 8.76. The number of rotatable bonds is 3. The van der Waals surface area contributed by atoms with E-state index < -0.39 is 0 Å². The molecule has 3 heteroatoms. The molecule has 0 fully saturated rings. The van der Waals surface area contributed by atoms with Crippen molar-refractivity contribution in [1.82, 2.24) is 0 Å². The number of hydrogen-bond acceptors (Lipinski definition) is 3. The number of anilines is 2. The van der Waals surface area contributed by atoms with E-state index in [9.17, 15) is 0 Å². The molecule has 2 rings (SSSR count). The summed E-state index contributed by atoms with van der Waals surface area (Å²) in [6, 6.07) is 8.43. The van der Waals surface area contributed by atoms with Gasteiger partial charge in [-0.05, 0) is 30.4 Å². The highest BCUT2D eigenvalue weighted by Gasteiger charge is 2.07. The van der Waals surface area contributed by atoms with Crippen LogP contribution in [0.3, 0.4) is 0 Å². The highest BCUT2D eigenvalue weighted by molar-refractivity contribution is 7.08. The van der Waals surface area contributed by atoms with Crippen molar-refractivity contribution in [2.45, 2.75) is 20.3 Å². The van der Waals surface area contributed by atoms with E-state index in [1.165, 1.54) is 11.1 Å². The van der Waals surface area contributed by atoms with Crippen molar-refractivity contribution in [2.75, 3.05) is 5.32 Å². The fraction of sp³-hybridized carbons (Fsp3) is 0.214. The van der Waals surface area contributed by atoms with Gasteiger partial charge in [-0.1, -0.05) is 18.2 Å². The Morgan fingerprint density at radius 2 is 1.94 bits per heavy atom. The number of para-hydroxylation sites is 1. The summed E-state index contributed by atoms with van der Waals surface area (Å²) in [6.45, 7) is 4.18. The van der Waals surface area contributed by atoms with Crippen molar-refractivity contribution in [3.05, 3.63) is 45.6 Å². The van der Waals surface area contributed by atoms with Crippen LogP contribution in [0.5, 0.6) is 0 Å². The van der Waals surface area contributed by atoms with Gasteiger partial charge in [0, 0.05) is 16.6 Å². The molecule has 0 spiro atoms. The predicted molar refractivity (Wildman–Crippen MR) is 72.8 cm³/mol. The summed E-state index contributed by atoms with van der Waals surface area (Å²) in [5, 5.41) is 16.3. The van der Waals surface area contributed by atoms with Crippen LogP contribution >= 0.6 is 11.3 Å². The molecule has 0 unspecified atom stereocenters. The van der Waals surface area contributed by atoms with Crippen LogP contribution in [0, 0.1) is 25.2 Å². The molecule has 0 amide bonds. The van der Waals surface area contributed by atoms with Gasteiger partial charge in [0.25, 0.3) is 0 Å². The lowest BCUT2D eigenvalue weighted by Crippen LogP contribution is -1.97. The predicted octanol–water partition coefficient (Wildman–Crippen LogP) is 4.17. The average Bonchev–Trinajstić information content (AvgIpc) is 2.72. The number of nitriles is 1. The second-order valence-corrected chi connectivity index (χ2v) is 4.78. The number of thiophene rings is 1. The molecular weight excluding hydrogens is 228 g/mol. The van der Waals surface area contributed by atoms with Crippen molar-refractivity contribution >= 4 is 22.7 Å². The van der Waals surface area contributed by atoms with Gasteiger partial charge >= 0.3 is 0 Å². The van der Waals surface area contributed by atoms with Crippen LogP contribution in [-0.2, 0) is 6.42 Å². The molecule has 0 bridgehead atoms. The third kappa shape index (κ3) is 2.48. The van der Waals surface area contributed by atoms with Gasteiger partial charge in [-0.15, -0.1) is 11.3 Å². The topological polar surface area (TPSA) is 35.8 Å². The summed E-state index contributed by atoms with van der Waals surface area (Å²) in [5.74, 6) is 0. The smallest absolute Gasteiger partial charge is 0.0670 e. The van der Waals surface area contributed by atoms with Crippen molar-refractivity contribution in [3.8, 4) is 6.07 Å². The Balaban J connectivity index is 2.32. The van der Waals surface area contributed by atoms with E-state index >= 15 is 0 Å². The molecule has 86 valence electrons. The fourth-order valence-electron chi connectivity index (χ4n) is 1.80. The van der Waals surface area contributed by atoms with Crippen LogP contribution in [-0.4, -0.2) is 0 Å². The maximum atomic E-state index is 8.76. The second kappa shape index (κ2) is 5.03. The van der Waals surface area contributed by atoms with Crippen LogP contribution in [0.1, 0.15) is 16.7 Å². The van der Waals surface area contributed by atoms with Crippen LogP contribution in [0.25, 0.3) is 0 Å². The Labute approximate surface area is 106 Å². The van der Waals surface area contributed by atoms with E-state index in [0.29, 0.717) is 6.42 Å². The van der Waals surface area contributed by atoms with E-state index in [1.807, 2.05) is 5.38 Å². The van der Waals surface area contributed by atoms with E-state index in [0.717, 1.165) is 16.9 Å². The van der Waals surface area contributed by atoms with Gasteiger partial charge in [0.2, 0.25) is 0 Å². The summed E-state index contributed by atoms with van der Waals surface area (Å²) in [7, 11) is 0. The molecule has 1 heterocycles. The molecule has 17 heavy (non-hydrogen) atoms. The molecule has 0 aliphatic carbocycles. The molecule has 1 aromatic carbocycles. The number of nitrogens with zero attached hydrogens (tertiary/aromatic N) is 1. The third-order valence-electron chi connectivity index (χ3n) is 2.75. The number of hydrogen-bond donors (Lipinski definition) is 1. The number of benzene rings is 1. The molecule has 0 saturated heterocycles. The monoisotopic (exact) mass is 242 g/mol. The van der Waals surface area contributed by atoms with Gasteiger partial charge in [0.15, 0.2) is 0 Å². The quantitative estimate of drug-likeness (QED) is 0.876. The summed E-state index contributed by atoms with van der Waals surface area (Å²) in [5.41, 5.74) is 5.71. The SMILES string of the molecule is Cc1cccc(C)c1Nc1cscc1CC#N. The lowest BCUT2D eigenvalue weighted by atomic mass is 10.1. The number of nitrogens with one attached hydrogen (secondary N) is 1. The van der Waals surface area contributed by atoms with Gasteiger partial charge in [-0.3, -0.25) is 0 Å². The minimum Gasteiger partial charge on any atom is -0.354 e. The zero-order valence-corrected chi connectivity index (χ0v) is 10.8. The third-order valence-corrected chi connectivity index (χ3v) is 3.54. The molecule has 0 radical (unpaired) electrons. The van der Waals surface area contributed by atoms with Crippen LogP contribution in [0.2, 0.25) is 0 Å². The average molecular weight is 242 g/mol. The van der Waals surface area contributed by atoms with E-state index in [-0.39, 0.29) is 0 Å². The molecule has 2 nitrogen and oxygen atoms in total. The number of aryl methyl sites for hydroxylation is 2. The van der Waals surface area contributed by atoms with E-state index in [1.54, 1.807) is 11.3 Å². The van der Waals surface area contributed by atoms with Gasteiger partial charge in [0.05, 0.1) is 18.2 Å². The summed E-state index contributed by atoms with van der Waals surface area (Å²) >= 11 is 1.62. The van der Waals surface area contributed by atoms with Gasteiger partial charge in [-0.2, -0.15) is 5.26 Å². The first kappa shape index (κ1) is 11.7. The Morgan fingerprint density at radius 3 is 2.59 bits per heavy atom. The Hall–Kier alpha value is -1.79. The van der Waals surface area contributed by atoms with Gasteiger partial charge in [-0.25, -0.2) is 0 Å². The van der Waals surface area contributed by atoms with Crippen molar-refractivity contribution < 1.29 is 0 Å². The minimum absolute atomic E-state index is 0.455. The first-order valence-electron chi connectivity index (χ1n) is 5.47. The molecule has 0 atom stereocenters. The normalized spacial score (nSPS) is 9.94. The Bertz CT molecular complexity index is 544.